The van der Waals surface area contributed by atoms with Crippen molar-refractivity contribution in [3.63, 3.8) is 0 Å². The maximum atomic E-state index is 11.8. The van der Waals surface area contributed by atoms with E-state index in [2.05, 4.69) is 6.58 Å². The van der Waals surface area contributed by atoms with Crippen molar-refractivity contribution < 1.29 is 19.4 Å². The zero-order chi connectivity index (χ0) is 17.4. The van der Waals surface area contributed by atoms with E-state index in [-0.39, 0.29) is 5.92 Å². The van der Waals surface area contributed by atoms with Crippen LogP contribution in [0.4, 0.5) is 0 Å². The van der Waals surface area contributed by atoms with Crippen molar-refractivity contribution in [2.45, 2.75) is 12.5 Å². The molecule has 0 amide bonds. The zero-order valence-electron chi connectivity index (χ0n) is 13.7. The summed E-state index contributed by atoms with van der Waals surface area (Å²) in [6.07, 6.45) is 1.65. The normalized spacial score (nSPS) is 13.0. The lowest BCUT2D eigenvalue weighted by Crippen LogP contribution is -2.24. The van der Waals surface area contributed by atoms with E-state index in [0.717, 1.165) is 5.56 Å². The number of carboxylic acids is 1. The van der Waals surface area contributed by atoms with Crippen LogP contribution < -0.4 is 4.74 Å². The molecule has 126 valence electrons. The summed E-state index contributed by atoms with van der Waals surface area (Å²) in [6, 6.07) is 16.8. The molecule has 2 atom stereocenters. The molecule has 0 saturated heterocycles. The number of benzene rings is 2. The van der Waals surface area contributed by atoms with Gasteiger partial charge in [0.1, 0.15) is 5.75 Å². The van der Waals surface area contributed by atoms with Crippen molar-refractivity contribution >= 4 is 5.97 Å². The minimum atomic E-state index is -0.895. The lowest BCUT2D eigenvalue weighted by Gasteiger charge is -2.21. The Balaban J connectivity index is 2.05. The highest BCUT2D eigenvalue weighted by molar-refractivity contribution is 5.77. The molecule has 0 aliphatic rings. The number of carboxylic acid groups (broad SMARTS) is 1. The average Bonchev–Trinajstić information content (AvgIpc) is 2.62. The minimum absolute atomic E-state index is 0.293. The second-order valence-electron chi connectivity index (χ2n) is 5.49. The average molecular weight is 326 g/mol. The van der Waals surface area contributed by atoms with Crippen molar-refractivity contribution in [3.05, 3.63) is 78.4 Å². The highest BCUT2D eigenvalue weighted by atomic mass is 16.5. The van der Waals surface area contributed by atoms with Crippen LogP contribution >= 0.6 is 0 Å². The molecule has 2 aromatic rings. The van der Waals surface area contributed by atoms with Crippen LogP contribution in [0.3, 0.4) is 0 Å². The Kier molecular flexibility index (Phi) is 6.58. The molecule has 0 aromatic heterocycles. The third kappa shape index (κ3) is 4.70. The van der Waals surface area contributed by atoms with E-state index in [0.29, 0.717) is 24.5 Å². The number of hydrogen-bond acceptors (Lipinski definition) is 3. The van der Waals surface area contributed by atoms with Gasteiger partial charge in [-0.05, 0) is 23.3 Å². The first-order valence-corrected chi connectivity index (χ1v) is 7.76. The summed E-state index contributed by atoms with van der Waals surface area (Å²) in [5.41, 5.74) is 1.76. The number of hydrogen-bond donors (Lipinski definition) is 1. The summed E-state index contributed by atoms with van der Waals surface area (Å²) in [6.45, 7) is 4.52. The fourth-order valence-corrected chi connectivity index (χ4v) is 2.57. The molecule has 0 spiro atoms. The Morgan fingerprint density at radius 1 is 1.17 bits per heavy atom. The van der Waals surface area contributed by atoms with Gasteiger partial charge in [-0.15, -0.1) is 6.58 Å². The molecule has 0 radical (unpaired) electrons. The molecule has 4 heteroatoms. The van der Waals surface area contributed by atoms with Gasteiger partial charge in [0.15, 0.2) is 0 Å². The summed E-state index contributed by atoms with van der Waals surface area (Å²) in [5, 5.41) is 9.64. The molecule has 0 heterocycles. The number of aliphatic carboxylic acids is 1. The lowest BCUT2D eigenvalue weighted by atomic mass is 9.86. The quantitative estimate of drug-likeness (QED) is 0.711. The van der Waals surface area contributed by atoms with Crippen LogP contribution in [0.1, 0.15) is 17.0 Å². The van der Waals surface area contributed by atoms with Crippen molar-refractivity contribution in [2.24, 2.45) is 5.92 Å². The van der Waals surface area contributed by atoms with Gasteiger partial charge in [-0.1, -0.05) is 48.5 Å². The van der Waals surface area contributed by atoms with E-state index >= 15 is 0 Å². The third-order valence-corrected chi connectivity index (χ3v) is 3.89. The summed E-state index contributed by atoms with van der Waals surface area (Å²) >= 11 is 0. The first kappa shape index (κ1) is 17.8. The van der Waals surface area contributed by atoms with E-state index in [4.69, 9.17) is 9.47 Å². The van der Waals surface area contributed by atoms with E-state index in [1.54, 1.807) is 37.5 Å². The third-order valence-electron chi connectivity index (χ3n) is 3.89. The second-order valence-corrected chi connectivity index (χ2v) is 5.49. The zero-order valence-corrected chi connectivity index (χ0v) is 13.7. The highest BCUT2D eigenvalue weighted by Crippen LogP contribution is 2.28. The minimum Gasteiger partial charge on any atom is -0.497 e. The number of ether oxygens (including phenoxy) is 2. The summed E-state index contributed by atoms with van der Waals surface area (Å²) in [7, 11) is 1.58. The molecule has 0 saturated carbocycles. The standard InChI is InChI=1S/C20H22O4/c1-3-16(14-24-13-15-7-5-4-6-8-15)19(20(21)22)17-9-11-18(23-2)12-10-17/h3-12,16,19H,1,13-14H2,2H3,(H,21,22). The van der Waals surface area contributed by atoms with Crippen molar-refractivity contribution in [2.75, 3.05) is 13.7 Å². The predicted octanol–water partition coefficient (Wildman–Crippen LogP) is 3.88. The monoisotopic (exact) mass is 326 g/mol. The topological polar surface area (TPSA) is 55.8 Å². The van der Waals surface area contributed by atoms with Gasteiger partial charge in [0, 0.05) is 5.92 Å². The molecular formula is C20H22O4. The largest absolute Gasteiger partial charge is 0.497 e. The lowest BCUT2D eigenvalue weighted by molar-refractivity contribution is -0.140. The smallest absolute Gasteiger partial charge is 0.311 e. The molecule has 4 nitrogen and oxygen atoms in total. The fraction of sp³-hybridized carbons (Fsp3) is 0.250. The van der Waals surface area contributed by atoms with Gasteiger partial charge in [0.25, 0.3) is 0 Å². The molecule has 2 rings (SSSR count). The van der Waals surface area contributed by atoms with E-state index in [1.165, 1.54) is 0 Å². The second kappa shape index (κ2) is 8.89. The number of methoxy groups -OCH3 is 1. The van der Waals surface area contributed by atoms with E-state index in [9.17, 15) is 9.90 Å². The first-order valence-electron chi connectivity index (χ1n) is 7.76. The summed E-state index contributed by atoms with van der Waals surface area (Å²) < 4.78 is 10.8. The van der Waals surface area contributed by atoms with E-state index in [1.807, 2.05) is 30.3 Å². The maximum Gasteiger partial charge on any atom is 0.311 e. The fourth-order valence-electron chi connectivity index (χ4n) is 2.57. The molecule has 0 aliphatic heterocycles. The van der Waals surface area contributed by atoms with Crippen LogP contribution in [0.15, 0.2) is 67.3 Å². The first-order chi connectivity index (χ1) is 11.7. The molecule has 2 aromatic carbocycles. The molecule has 1 N–H and O–H groups in total. The highest BCUT2D eigenvalue weighted by Gasteiger charge is 2.28. The van der Waals surface area contributed by atoms with Crippen molar-refractivity contribution in [1.82, 2.24) is 0 Å². The Morgan fingerprint density at radius 2 is 1.83 bits per heavy atom. The van der Waals surface area contributed by atoms with Crippen LogP contribution in [0.2, 0.25) is 0 Å². The Morgan fingerprint density at radius 3 is 2.38 bits per heavy atom. The predicted molar refractivity (Wildman–Crippen MR) is 93.2 cm³/mol. The van der Waals surface area contributed by atoms with Crippen LogP contribution in [0.25, 0.3) is 0 Å². The summed E-state index contributed by atoms with van der Waals surface area (Å²) in [4.78, 5) is 11.8. The van der Waals surface area contributed by atoms with Gasteiger partial charge in [-0.3, -0.25) is 4.79 Å². The molecular weight excluding hydrogens is 304 g/mol. The van der Waals surface area contributed by atoms with Gasteiger partial charge in [0.05, 0.1) is 26.2 Å². The summed E-state index contributed by atoms with van der Waals surface area (Å²) in [5.74, 6) is -1.23. The van der Waals surface area contributed by atoms with Crippen molar-refractivity contribution in [1.29, 1.82) is 0 Å². The molecule has 0 aliphatic carbocycles. The number of carbonyl (C=O) groups is 1. The Bertz CT molecular complexity index is 649. The van der Waals surface area contributed by atoms with Gasteiger partial charge < -0.3 is 14.6 Å². The van der Waals surface area contributed by atoms with E-state index < -0.39 is 11.9 Å². The van der Waals surface area contributed by atoms with Crippen LogP contribution in [0, 0.1) is 5.92 Å². The maximum absolute atomic E-state index is 11.8. The molecule has 0 bridgehead atoms. The molecule has 0 fully saturated rings. The Hall–Kier alpha value is -2.59. The van der Waals surface area contributed by atoms with Gasteiger partial charge in [0.2, 0.25) is 0 Å². The van der Waals surface area contributed by atoms with Crippen LogP contribution in [-0.2, 0) is 16.1 Å². The molecule has 24 heavy (non-hydrogen) atoms. The van der Waals surface area contributed by atoms with Gasteiger partial charge in [-0.2, -0.15) is 0 Å². The molecule has 2 unspecified atom stereocenters. The van der Waals surface area contributed by atoms with Gasteiger partial charge >= 0.3 is 5.97 Å². The SMILES string of the molecule is C=CC(COCc1ccccc1)C(C(=O)O)c1ccc(OC)cc1. The number of rotatable bonds is 9. The Labute approximate surface area is 142 Å². The van der Waals surface area contributed by atoms with Gasteiger partial charge in [-0.25, -0.2) is 0 Å². The van der Waals surface area contributed by atoms with Crippen LogP contribution in [-0.4, -0.2) is 24.8 Å². The van der Waals surface area contributed by atoms with Crippen molar-refractivity contribution in [3.8, 4) is 5.75 Å². The van der Waals surface area contributed by atoms with Crippen LogP contribution in [0.5, 0.6) is 5.75 Å².